The van der Waals surface area contributed by atoms with Crippen LogP contribution in [0.5, 0.6) is 0 Å². The molecule has 8 nitrogen and oxygen atoms in total. The largest absolute Gasteiger partial charge is 0.393 e. The Hall–Kier alpha value is -2.89. The average molecular weight is 435 g/mol. The average Bonchev–Trinajstić information content (AvgIpc) is 2.70. The summed E-state index contributed by atoms with van der Waals surface area (Å²) in [5, 5.41) is 10.1. The molecule has 4 rings (SSSR count). The molecule has 0 amide bonds. The van der Waals surface area contributed by atoms with Crippen molar-refractivity contribution in [2.45, 2.75) is 18.9 Å². The molecule has 0 unspecified atom stereocenters. The van der Waals surface area contributed by atoms with Crippen LogP contribution < -0.4 is 10.5 Å². The Balaban J connectivity index is 1.69. The molecule has 0 aliphatic carbocycles. The van der Waals surface area contributed by atoms with Gasteiger partial charge in [-0.2, -0.15) is 12.7 Å². The van der Waals surface area contributed by atoms with Crippen LogP contribution in [0.25, 0.3) is 22.0 Å². The number of benzene rings is 2. The zero-order valence-corrected chi connectivity index (χ0v) is 16.5. The van der Waals surface area contributed by atoms with Gasteiger partial charge in [0, 0.05) is 24.7 Å². The zero-order valence-electron chi connectivity index (χ0n) is 15.7. The van der Waals surface area contributed by atoms with Crippen molar-refractivity contribution in [2.24, 2.45) is 0 Å². The van der Waals surface area contributed by atoms with E-state index in [-0.39, 0.29) is 35.9 Å². The fourth-order valence-electron chi connectivity index (χ4n) is 3.39. The van der Waals surface area contributed by atoms with Crippen molar-refractivity contribution in [2.75, 3.05) is 23.5 Å². The highest BCUT2D eigenvalue weighted by molar-refractivity contribution is 7.90. The SMILES string of the molecule is Nc1ncc2cc(-c3c(F)ccc(NS(=O)(=O)N4CCC(O)CC4)c3F)ccc2n1. The zero-order chi connectivity index (χ0) is 21.5. The van der Waals surface area contributed by atoms with Crippen molar-refractivity contribution in [3.63, 3.8) is 0 Å². The van der Waals surface area contributed by atoms with Crippen LogP contribution in [0.3, 0.4) is 0 Å². The highest BCUT2D eigenvalue weighted by atomic mass is 32.2. The lowest BCUT2D eigenvalue weighted by atomic mass is 10.0. The number of nitrogens with one attached hydrogen (secondary N) is 1. The quantitative estimate of drug-likeness (QED) is 0.578. The summed E-state index contributed by atoms with van der Waals surface area (Å²) in [4.78, 5) is 7.92. The fraction of sp³-hybridized carbons (Fsp3) is 0.263. The summed E-state index contributed by atoms with van der Waals surface area (Å²) in [5.41, 5.74) is 5.51. The summed E-state index contributed by atoms with van der Waals surface area (Å²) >= 11 is 0. The summed E-state index contributed by atoms with van der Waals surface area (Å²) in [6, 6.07) is 6.56. The summed E-state index contributed by atoms with van der Waals surface area (Å²) in [6.07, 6.45) is 1.47. The van der Waals surface area contributed by atoms with Crippen molar-refractivity contribution in [1.82, 2.24) is 14.3 Å². The molecule has 3 aromatic rings. The Kier molecular flexibility index (Phi) is 5.26. The second kappa shape index (κ2) is 7.74. The van der Waals surface area contributed by atoms with E-state index in [2.05, 4.69) is 14.7 Å². The Morgan fingerprint density at radius 2 is 1.90 bits per heavy atom. The second-order valence-corrected chi connectivity index (χ2v) is 8.69. The molecule has 1 aliphatic heterocycles. The maximum absolute atomic E-state index is 15.2. The van der Waals surface area contributed by atoms with Gasteiger partial charge in [-0.3, -0.25) is 4.72 Å². The van der Waals surface area contributed by atoms with Crippen LogP contribution >= 0.6 is 0 Å². The lowest BCUT2D eigenvalue weighted by molar-refractivity contribution is 0.113. The van der Waals surface area contributed by atoms with Crippen LogP contribution in [-0.4, -0.2) is 47.0 Å². The third kappa shape index (κ3) is 3.91. The molecular weight excluding hydrogens is 416 g/mol. The Bertz CT molecular complexity index is 1210. The molecule has 0 bridgehead atoms. The summed E-state index contributed by atoms with van der Waals surface area (Å²) in [6.45, 7) is 0.222. The topological polar surface area (TPSA) is 121 Å². The first-order valence-corrected chi connectivity index (χ1v) is 10.7. The predicted octanol–water partition coefficient (Wildman–Crippen LogP) is 2.27. The van der Waals surface area contributed by atoms with Gasteiger partial charge in [-0.15, -0.1) is 0 Å². The standard InChI is InChI=1S/C19H19F2N5O3S/c20-14-2-4-16(25-30(28,29)26-7-5-13(27)6-8-26)18(21)17(14)11-1-3-15-12(9-11)10-23-19(22)24-15/h1-4,9-10,13,25,27H,5-8H2,(H2,22,23,24). The first-order valence-electron chi connectivity index (χ1n) is 9.21. The highest BCUT2D eigenvalue weighted by Gasteiger charge is 2.28. The number of hydrogen-bond donors (Lipinski definition) is 3. The molecule has 0 saturated carbocycles. The maximum Gasteiger partial charge on any atom is 0.301 e. The third-order valence-corrected chi connectivity index (χ3v) is 6.50. The number of halogens is 2. The number of hydrogen-bond acceptors (Lipinski definition) is 6. The molecule has 0 atom stereocenters. The molecule has 30 heavy (non-hydrogen) atoms. The monoisotopic (exact) mass is 435 g/mol. The molecule has 1 aromatic heterocycles. The van der Waals surface area contributed by atoms with Crippen LogP contribution in [0, 0.1) is 11.6 Å². The molecule has 11 heteroatoms. The first kappa shape index (κ1) is 20.4. The van der Waals surface area contributed by atoms with Gasteiger partial charge in [-0.1, -0.05) is 6.07 Å². The van der Waals surface area contributed by atoms with Gasteiger partial charge < -0.3 is 10.8 Å². The Morgan fingerprint density at radius 1 is 1.17 bits per heavy atom. The van der Waals surface area contributed by atoms with Crippen molar-refractivity contribution in [3.05, 3.63) is 48.2 Å². The summed E-state index contributed by atoms with van der Waals surface area (Å²) < 4.78 is 58.2. The Labute approximate surface area is 171 Å². The molecule has 1 saturated heterocycles. The number of aliphatic hydroxyl groups excluding tert-OH is 1. The molecule has 2 aromatic carbocycles. The number of nitrogens with two attached hydrogens (primary N) is 1. The maximum atomic E-state index is 15.2. The van der Waals surface area contributed by atoms with Gasteiger partial charge in [-0.25, -0.2) is 18.7 Å². The van der Waals surface area contributed by atoms with Crippen LogP contribution in [0.15, 0.2) is 36.5 Å². The minimum absolute atomic E-state index is 0.0780. The highest BCUT2D eigenvalue weighted by Crippen LogP contribution is 2.33. The van der Waals surface area contributed by atoms with Crippen molar-refractivity contribution in [1.29, 1.82) is 0 Å². The molecule has 0 radical (unpaired) electrons. The minimum atomic E-state index is -4.06. The number of fused-ring (bicyclic) bond motifs is 1. The molecule has 0 spiro atoms. The van der Waals surface area contributed by atoms with Gasteiger partial charge in [-0.05, 0) is 42.7 Å². The van der Waals surface area contributed by atoms with E-state index in [0.717, 1.165) is 16.4 Å². The first-order chi connectivity index (χ1) is 14.2. The molecule has 1 fully saturated rings. The molecule has 158 valence electrons. The van der Waals surface area contributed by atoms with Gasteiger partial charge in [0.15, 0.2) is 5.82 Å². The normalized spacial score (nSPS) is 16.1. The number of nitrogens with zero attached hydrogens (tertiary/aromatic N) is 3. The van der Waals surface area contributed by atoms with E-state index in [1.807, 2.05) is 0 Å². The van der Waals surface area contributed by atoms with Crippen LogP contribution in [0.4, 0.5) is 20.4 Å². The third-order valence-electron chi connectivity index (χ3n) is 4.98. The van der Waals surface area contributed by atoms with E-state index >= 15 is 4.39 Å². The number of nitrogen functional groups attached to an aromatic ring is 1. The van der Waals surface area contributed by atoms with Gasteiger partial charge in [0.2, 0.25) is 5.95 Å². The van der Waals surface area contributed by atoms with Gasteiger partial charge in [0.05, 0.1) is 22.9 Å². The molecular formula is C19H19F2N5O3S. The van der Waals surface area contributed by atoms with Crippen molar-refractivity contribution >= 4 is 32.7 Å². The fourth-order valence-corrected chi connectivity index (χ4v) is 4.64. The van der Waals surface area contributed by atoms with E-state index in [1.54, 1.807) is 6.07 Å². The number of piperidine rings is 1. The van der Waals surface area contributed by atoms with E-state index in [1.165, 1.54) is 18.3 Å². The van der Waals surface area contributed by atoms with E-state index in [9.17, 15) is 17.9 Å². The second-order valence-electron chi connectivity index (χ2n) is 7.02. The van der Waals surface area contributed by atoms with Crippen molar-refractivity contribution in [3.8, 4) is 11.1 Å². The predicted molar refractivity (Wildman–Crippen MR) is 109 cm³/mol. The van der Waals surface area contributed by atoms with E-state index in [4.69, 9.17) is 5.73 Å². The number of anilines is 2. The number of aliphatic hydroxyl groups is 1. The van der Waals surface area contributed by atoms with Gasteiger partial charge >= 0.3 is 10.2 Å². The van der Waals surface area contributed by atoms with Gasteiger partial charge in [0.25, 0.3) is 0 Å². The van der Waals surface area contributed by atoms with E-state index < -0.39 is 27.9 Å². The molecule has 1 aliphatic rings. The van der Waals surface area contributed by atoms with Crippen molar-refractivity contribution < 1.29 is 22.3 Å². The van der Waals surface area contributed by atoms with Crippen LogP contribution in [0.2, 0.25) is 0 Å². The van der Waals surface area contributed by atoms with Gasteiger partial charge in [0.1, 0.15) is 5.82 Å². The molecule has 4 N–H and O–H groups in total. The summed E-state index contributed by atoms with van der Waals surface area (Å²) in [5.74, 6) is -1.80. The lowest BCUT2D eigenvalue weighted by Gasteiger charge is -2.29. The smallest absolute Gasteiger partial charge is 0.301 e. The van der Waals surface area contributed by atoms with E-state index in [0.29, 0.717) is 23.7 Å². The minimum Gasteiger partial charge on any atom is -0.393 e. The Morgan fingerprint density at radius 3 is 2.63 bits per heavy atom. The molecule has 2 heterocycles. The van der Waals surface area contributed by atoms with Crippen LogP contribution in [-0.2, 0) is 10.2 Å². The number of rotatable bonds is 4. The lowest BCUT2D eigenvalue weighted by Crippen LogP contribution is -2.43. The number of aromatic nitrogens is 2. The summed E-state index contributed by atoms with van der Waals surface area (Å²) in [7, 11) is -4.06. The van der Waals surface area contributed by atoms with Crippen LogP contribution in [0.1, 0.15) is 12.8 Å².